The average Bonchev–Trinajstić information content (AvgIpc) is 2.44. The fourth-order valence-electron chi connectivity index (χ4n) is 5.45. The molecule has 0 amide bonds. The van der Waals surface area contributed by atoms with E-state index in [1.807, 2.05) is 0 Å². The average molecular weight is 288 g/mol. The first-order valence-electron chi connectivity index (χ1n) is 9.89. The molecule has 0 aliphatic carbocycles. The van der Waals surface area contributed by atoms with Gasteiger partial charge in [0.15, 0.2) is 0 Å². The fraction of sp³-hybridized carbons (Fsp3) is 1.00. The Labute approximate surface area is 135 Å². The highest BCUT2D eigenvalue weighted by molar-refractivity contribution is 6.69. The highest BCUT2D eigenvalue weighted by Crippen LogP contribution is 2.52. The van der Waals surface area contributed by atoms with E-state index in [0.29, 0.717) is 5.31 Å². The first-order chi connectivity index (χ1) is 9.89. The Morgan fingerprint density at radius 1 is 0.905 bits per heavy atom. The molecule has 2 saturated heterocycles. The highest BCUT2D eigenvalue weighted by Gasteiger charge is 2.44. The van der Waals surface area contributed by atoms with Crippen molar-refractivity contribution in [2.45, 2.75) is 115 Å². The van der Waals surface area contributed by atoms with Gasteiger partial charge in [0.1, 0.15) is 13.4 Å². The van der Waals surface area contributed by atoms with E-state index in [1.54, 1.807) is 6.42 Å². The zero-order valence-corrected chi connectivity index (χ0v) is 15.5. The van der Waals surface area contributed by atoms with E-state index in [9.17, 15) is 0 Å². The number of hydrogen-bond donors (Lipinski definition) is 0. The van der Waals surface area contributed by atoms with E-state index in [-0.39, 0.29) is 0 Å². The maximum atomic E-state index is 2.50. The van der Waals surface area contributed by atoms with Gasteiger partial charge in [0.25, 0.3) is 0 Å². The summed E-state index contributed by atoms with van der Waals surface area (Å²) in [6.45, 7) is 14.3. The summed E-state index contributed by atoms with van der Waals surface area (Å²) in [5, 5.41) is 0.519. The van der Waals surface area contributed by atoms with Crippen LogP contribution in [0.25, 0.3) is 0 Å². The van der Waals surface area contributed by atoms with Gasteiger partial charge in [-0.2, -0.15) is 0 Å². The van der Waals surface area contributed by atoms with Gasteiger partial charge >= 0.3 is 0 Å². The van der Waals surface area contributed by atoms with Crippen molar-refractivity contribution >= 4 is 13.4 Å². The van der Waals surface area contributed by atoms with Gasteiger partial charge in [-0.3, -0.25) is 0 Å². The molecule has 2 unspecified atom stereocenters. The minimum atomic E-state index is 0.519. The van der Waals surface area contributed by atoms with Gasteiger partial charge in [-0.1, -0.05) is 115 Å². The summed E-state index contributed by atoms with van der Waals surface area (Å²) in [5.74, 6) is 2.98. The van der Waals surface area contributed by atoms with Crippen LogP contribution < -0.4 is 0 Å². The maximum Gasteiger partial charge on any atom is 0.148 e. The predicted molar refractivity (Wildman–Crippen MR) is 100 cm³/mol. The molecule has 0 radical (unpaired) electrons. The third-order valence-corrected chi connectivity index (χ3v) is 6.56. The molecule has 2 fully saturated rings. The summed E-state index contributed by atoms with van der Waals surface area (Å²) in [6, 6.07) is 0. The van der Waals surface area contributed by atoms with E-state index in [2.05, 4.69) is 34.6 Å². The lowest BCUT2D eigenvalue weighted by atomic mass is 9.17. The standard InChI is InChI=1S/C19H38B2/c1-16(2)12-15-20-13-8-6-10-17(20)18-11-7-9-14-21(18)19(3,4)5/h16-18H,6-15H2,1-5H3. The van der Waals surface area contributed by atoms with Crippen LogP contribution >= 0.6 is 0 Å². The Bertz CT molecular complexity index is 305. The molecule has 2 aliphatic heterocycles. The van der Waals surface area contributed by atoms with Crippen LogP contribution in [0.4, 0.5) is 0 Å². The van der Waals surface area contributed by atoms with Crippen molar-refractivity contribution < 1.29 is 0 Å². The molecular formula is C19H38B2. The van der Waals surface area contributed by atoms with Crippen LogP contribution in [0.5, 0.6) is 0 Å². The summed E-state index contributed by atoms with van der Waals surface area (Å²) in [6.07, 6.45) is 15.1. The molecule has 2 rings (SSSR count). The Balaban J connectivity index is 2.06. The minimum Gasteiger partial charge on any atom is -0.0739 e. The van der Waals surface area contributed by atoms with E-state index in [4.69, 9.17) is 0 Å². The molecule has 21 heavy (non-hydrogen) atoms. The van der Waals surface area contributed by atoms with Crippen LogP contribution in [0.15, 0.2) is 0 Å². The largest absolute Gasteiger partial charge is 0.148 e. The molecule has 2 aliphatic rings. The zero-order chi connectivity index (χ0) is 15.5. The van der Waals surface area contributed by atoms with Crippen LogP contribution in [0.1, 0.15) is 79.6 Å². The number of hydrogen-bond acceptors (Lipinski definition) is 0. The van der Waals surface area contributed by atoms with Crippen LogP contribution in [0.3, 0.4) is 0 Å². The zero-order valence-electron chi connectivity index (χ0n) is 15.5. The third-order valence-electron chi connectivity index (χ3n) is 6.56. The molecule has 0 nitrogen and oxygen atoms in total. The van der Waals surface area contributed by atoms with Crippen molar-refractivity contribution in [3.05, 3.63) is 0 Å². The molecule has 0 aromatic heterocycles. The van der Waals surface area contributed by atoms with Crippen LogP contribution in [0.2, 0.25) is 35.9 Å². The molecule has 2 heteroatoms. The Kier molecular flexibility index (Phi) is 6.33. The molecule has 0 aromatic rings. The summed E-state index contributed by atoms with van der Waals surface area (Å²) in [4.78, 5) is 0. The molecule has 120 valence electrons. The second-order valence-electron chi connectivity index (χ2n) is 9.60. The van der Waals surface area contributed by atoms with E-state index in [1.165, 1.54) is 57.5 Å². The molecule has 0 saturated carbocycles. The lowest BCUT2D eigenvalue weighted by molar-refractivity contribution is 0.500. The van der Waals surface area contributed by atoms with Gasteiger partial charge in [0.05, 0.1) is 0 Å². The maximum absolute atomic E-state index is 2.50. The van der Waals surface area contributed by atoms with Crippen molar-refractivity contribution in [1.82, 2.24) is 0 Å². The normalized spacial score (nSPS) is 28.3. The summed E-state index contributed by atoms with van der Waals surface area (Å²) in [7, 11) is 0. The van der Waals surface area contributed by atoms with Crippen molar-refractivity contribution in [2.75, 3.05) is 0 Å². The monoisotopic (exact) mass is 288 g/mol. The van der Waals surface area contributed by atoms with Crippen molar-refractivity contribution in [3.8, 4) is 0 Å². The Morgan fingerprint density at radius 3 is 2.14 bits per heavy atom. The molecule has 2 atom stereocenters. The predicted octanol–water partition coefficient (Wildman–Crippen LogP) is 6.93. The fourth-order valence-corrected chi connectivity index (χ4v) is 5.45. The van der Waals surface area contributed by atoms with Gasteiger partial charge in [0.2, 0.25) is 0 Å². The van der Waals surface area contributed by atoms with Crippen molar-refractivity contribution in [2.24, 2.45) is 5.92 Å². The molecule has 2 heterocycles. The Hall–Kier alpha value is 0.130. The minimum absolute atomic E-state index is 0.519. The lowest BCUT2D eigenvalue weighted by Gasteiger charge is -2.45. The van der Waals surface area contributed by atoms with E-state index in [0.717, 1.165) is 31.0 Å². The van der Waals surface area contributed by atoms with Crippen molar-refractivity contribution in [1.29, 1.82) is 0 Å². The summed E-state index contributed by atoms with van der Waals surface area (Å²) in [5.41, 5.74) is 0. The molecular weight excluding hydrogens is 250 g/mol. The molecule has 0 spiro atoms. The first-order valence-corrected chi connectivity index (χ1v) is 9.89. The second kappa shape index (κ2) is 7.60. The SMILES string of the molecule is CC(C)CCB1CCCCC1C1CCCCB1C(C)(C)C. The highest BCUT2D eigenvalue weighted by atomic mass is 14.3. The van der Waals surface area contributed by atoms with Gasteiger partial charge in [-0.25, -0.2) is 0 Å². The topological polar surface area (TPSA) is 0 Å². The molecule has 0 aromatic carbocycles. The van der Waals surface area contributed by atoms with Crippen LogP contribution in [-0.4, -0.2) is 13.4 Å². The number of rotatable bonds is 4. The third kappa shape index (κ3) is 4.80. The second-order valence-corrected chi connectivity index (χ2v) is 9.60. The quantitative estimate of drug-likeness (QED) is 0.492. The van der Waals surface area contributed by atoms with Gasteiger partial charge in [-0.15, -0.1) is 0 Å². The van der Waals surface area contributed by atoms with Gasteiger partial charge in [-0.05, 0) is 5.92 Å². The summed E-state index contributed by atoms with van der Waals surface area (Å²) < 4.78 is 0. The van der Waals surface area contributed by atoms with Gasteiger partial charge in [0, 0.05) is 0 Å². The Morgan fingerprint density at radius 2 is 1.52 bits per heavy atom. The summed E-state index contributed by atoms with van der Waals surface area (Å²) >= 11 is 0. The van der Waals surface area contributed by atoms with E-state index < -0.39 is 0 Å². The van der Waals surface area contributed by atoms with Crippen LogP contribution in [-0.2, 0) is 0 Å². The first kappa shape index (κ1) is 17.5. The van der Waals surface area contributed by atoms with Crippen LogP contribution in [0, 0.1) is 5.92 Å². The van der Waals surface area contributed by atoms with Crippen molar-refractivity contribution in [3.63, 3.8) is 0 Å². The molecule has 0 N–H and O–H groups in total. The lowest BCUT2D eigenvalue weighted by Crippen LogP contribution is -2.40. The smallest absolute Gasteiger partial charge is 0.0739 e. The molecule has 0 bridgehead atoms. The van der Waals surface area contributed by atoms with E-state index >= 15 is 0 Å². The van der Waals surface area contributed by atoms with Gasteiger partial charge < -0.3 is 0 Å².